The van der Waals surface area contributed by atoms with E-state index in [2.05, 4.69) is 20.4 Å². The number of hydrogen-bond donors (Lipinski definition) is 1. The lowest BCUT2D eigenvalue weighted by Gasteiger charge is -2.02. The van der Waals surface area contributed by atoms with E-state index in [9.17, 15) is 4.79 Å². The Labute approximate surface area is 136 Å². The molecule has 0 aliphatic rings. The van der Waals surface area contributed by atoms with Crippen LogP contribution in [0.15, 0.2) is 54.7 Å². The monoisotopic (exact) mass is 319 g/mol. The molecule has 0 saturated carbocycles. The second-order valence-corrected chi connectivity index (χ2v) is 5.13. The Morgan fingerprint density at radius 2 is 1.96 bits per heavy atom. The summed E-state index contributed by atoms with van der Waals surface area (Å²) in [5.74, 6) is 0.529. The molecule has 7 nitrogen and oxygen atoms in total. The quantitative estimate of drug-likeness (QED) is 0.585. The van der Waals surface area contributed by atoms with Gasteiger partial charge in [-0.3, -0.25) is 0 Å². The second kappa shape index (κ2) is 5.62. The summed E-state index contributed by atoms with van der Waals surface area (Å²) >= 11 is 0. The molecule has 24 heavy (non-hydrogen) atoms. The molecule has 3 aromatic heterocycles. The van der Waals surface area contributed by atoms with Crippen LogP contribution < -0.4 is 5.32 Å². The highest BCUT2D eigenvalue weighted by Gasteiger charge is 2.14. The number of methoxy groups -OCH3 is 1. The minimum absolute atomic E-state index is 0.354. The number of para-hydroxylation sites is 1. The van der Waals surface area contributed by atoms with Crippen molar-refractivity contribution in [3.05, 3.63) is 60.3 Å². The van der Waals surface area contributed by atoms with E-state index in [4.69, 9.17) is 4.74 Å². The van der Waals surface area contributed by atoms with Gasteiger partial charge in [0.05, 0.1) is 12.6 Å². The molecule has 0 bridgehead atoms. The number of rotatable bonds is 3. The predicted octanol–water partition coefficient (Wildman–Crippen LogP) is 2.81. The minimum Gasteiger partial charge on any atom is -0.465 e. The molecular weight excluding hydrogens is 306 g/mol. The molecule has 4 aromatic rings. The molecule has 0 radical (unpaired) electrons. The van der Waals surface area contributed by atoms with Crippen LogP contribution in [-0.4, -0.2) is 32.7 Å². The number of ether oxygens (including phenoxy) is 1. The van der Waals surface area contributed by atoms with Crippen LogP contribution >= 0.6 is 0 Å². The highest BCUT2D eigenvalue weighted by molar-refractivity contribution is 5.95. The van der Waals surface area contributed by atoms with Crippen LogP contribution in [0.3, 0.4) is 0 Å². The zero-order valence-corrected chi connectivity index (χ0v) is 12.8. The Morgan fingerprint density at radius 3 is 2.83 bits per heavy atom. The topological polar surface area (TPSA) is 81.4 Å². The number of pyridine rings is 2. The average Bonchev–Trinajstić information content (AvgIpc) is 3.03. The number of carbonyl (C=O) groups is 1. The third kappa shape index (κ3) is 2.41. The third-order valence-electron chi connectivity index (χ3n) is 3.61. The van der Waals surface area contributed by atoms with Crippen molar-refractivity contribution in [3.8, 4) is 0 Å². The second-order valence-electron chi connectivity index (χ2n) is 5.13. The maximum atomic E-state index is 11.8. The third-order valence-corrected chi connectivity index (χ3v) is 3.61. The lowest BCUT2D eigenvalue weighted by molar-refractivity contribution is 0.0602. The smallest absolute Gasteiger partial charge is 0.341 e. The van der Waals surface area contributed by atoms with Gasteiger partial charge >= 0.3 is 5.97 Å². The Hall–Kier alpha value is -3.48. The van der Waals surface area contributed by atoms with Gasteiger partial charge in [-0.05, 0) is 30.3 Å². The molecule has 0 saturated heterocycles. The summed E-state index contributed by atoms with van der Waals surface area (Å²) in [7, 11) is 1.33. The van der Waals surface area contributed by atoms with Gasteiger partial charge in [0.25, 0.3) is 0 Å². The van der Waals surface area contributed by atoms with Gasteiger partial charge in [0.15, 0.2) is 5.65 Å². The predicted molar refractivity (Wildman–Crippen MR) is 89.4 cm³/mol. The van der Waals surface area contributed by atoms with E-state index >= 15 is 0 Å². The highest BCUT2D eigenvalue weighted by atomic mass is 16.5. The molecule has 4 rings (SSSR count). The molecule has 0 fully saturated rings. The van der Waals surface area contributed by atoms with Crippen molar-refractivity contribution < 1.29 is 9.53 Å². The fourth-order valence-corrected chi connectivity index (χ4v) is 2.48. The van der Waals surface area contributed by atoms with Crippen LogP contribution in [0.4, 0.5) is 11.8 Å². The number of hydrogen-bond acceptors (Lipinski definition) is 6. The first kappa shape index (κ1) is 14.1. The Morgan fingerprint density at radius 1 is 1.08 bits per heavy atom. The summed E-state index contributed by atoms with van der Waals surface area (Å²) in [5.41, 5.74) is 1.65. The van der Waals surface area contributed by atoms with Gasteiger partial charge in [-0.15, -0.1) is 5.10 Å². The van der Waals surface area contributed by atoms with E-state index < -0.39 is 5.97 Å². The Balaban J connectivity index is 1.72. The standard InChI is InChI=1S/C17H13N5O2/c1-24-16(23)12-6-4-10-22-15(12)20-17(21-22)19-14-9-8-11-5-2-3-7-13(11)18-14/h2-10H,1H3,(H,18,19,21). The minimum atomic E-state index is -0.455. The molecule has 7 heteroatoms. The summed E-state index contributed by atoms with van der Waals surface area (Å²) in [6.07, 6.45) is 1.72. The Kier molecular flexibility index (Phi) is 3.31. The molecular formula is C17H13N5O2. The normalized spacial score (nSPS) is 10.9. The average molecular weight is 319 g/mol. The maximum Gasteiger partial charge on any atom is 0.341 e. The van der Waals surface area contributed by atoms with Gasteiger partial charge in [0.1, 0.15) is 11.4 Å². The largest absolute Gasteiger partial charge is 0.465 e. The molecule has 0 aliphatic carbocycles. The van der Waals surface area contributed by atoms with Crippen LogP contribution in [0.2, 0.25) is 0 Å². The number of fused-ring (bicyclic) bond motifs is 2. The van der Waals surface area contributed by atoms with Gasteiger partial charge in [0.2, 0.25) is 5.95 Å². The zero-order valence-electron chi connectivity index (χ0n) is 12.8. The fraction of sp³-hybridized carbons (Fsp3) is 0.0588. The van der Waals surface area contributed by atoms with Crippen molar-refractivity contribution in [2.75, 3.05) is 12.4 Å². The Bertz CT molecular complexity index is 1060. The van der Waals surface area contributed by atoms with E-state index in [1.165, 1.54) is 11.6 Å². The van der Waals surface area contributed by atoms with Crippen LogP contribution in [-0.2, 0) is 4.74 Å². The van der Waals surface area contributed by atoms with Crippen molar-refractivity contribution in [2.45, 2.75) is 0 Å². The number of carbonyl (C=O) groups excluding carboxylic acids is 1. The molecule has 0 aliphatic heterocycles. The molecule has 1 aromatic carbocycles. The maximum absolute atomic E-state index is 11.8. The first-order chi connectivity index (χ1) is 11.7. The number of esters is 1. The lowest BCUT2D eigenvalue weighted by atomic mass is 10.2. The zero-order chi connectivity index (χ0) is 16.5. The van der Waals surface area contributed by atoms with Crippen LogP contribution in [0.1, 0.15) is 10.4 Å². The van der Waals surface area contributed by atoms with Crippen molar-refractivity contribution in [2.24, 2.45) is 0 Å². The van der Waals surface area contributed by atoms with Crippen LogP contribution in [0.5, 0.6) is 0 Å². The molecule has 1 N–H and O–H groups in total. The van der Waals surface area contributed by atoms with E-state index in [1.54, 1.807) is 18.3 Å². The number of benzene rings is 1. The van der Waals surface area contributed by atoms with E-state index in [-0.39, 0.29) is 0 Å². The van der Waals surface area contributed by atoms with Crippen molar-refractivity contribution in [1.29, 1.82) is 0 Å². The first-order valence-electron chi connectivity index (χ1n) is 7.31. The molecule has 0 spiro atoms. The summed E-state index contributed by atoms with van der Waals surface area (Å²) in [6, 6.07) is 15.0. The van der Waals surface area contributed by atoms with Crippen LogP contribution in [0, 0.1) is 0 Å². The van der Waals surface area contributed by atoms with Crippen molar-refractivity contribution in [3.63, 3.8) is 0 Å². The van der Waals surface area contributed by atoms with Crippen molar-refractivity contribution >= 4 is 34.3 Å². The summed E-state index contributed by atoms with van der Waals surface area (Å²) < 4.78 is 6.29. The van der Waals surface area contributed by atoms with Crippen LogP contribution in [0.25, 0.3) is 16.6 Å². The van der Waals surface area contributed by atoms with Gasteiger partial charge in [-0.25, -0.2) is 14.3 Å². The van der Waals surface area contributed by atoms with E-state index in [0.717, 1.165) is 10.9 Å². The molecule has 0 amide bonds. The number of anilines is 2. The van der Waals surface area contributed by atoms with Gasteiger partial charge in [0, 0.05) is 11.6 Å². The van der Waals surface area contributed by atoms with E-state index in [1.807, 2.05) is 36.4 Å². The summed E-state index contributed by atoms with van der Waals surface area (Å²) in [5, 5.41) is 8.43. The molecule has 118 valence electrons. The molecule has 3 heterocycles. The van der Waals surface area contributed by atoms with Gasteiger partial charge in [-0.1, -0.05) is 18.2 Å². The lowest BCUT2D eigenvalue weighted by Crippen LogP contribution is -2.04. The van der Waals surface area contributed by atoms with Crippen molar-refractivity contribution in [1.82, 2.24) is 19.6 Å². The van der Waals surface area contributed by atoms with Gasteiger partial charge < -0.3 is 10.1 Å². The number of aromatic nitrogens is 4. The SMILES string of the molecule is COC(=O)c1cccn2nc(Nc3ccc4ccccc4n3)nc12. The number of nitrogens with zero attached hydrogens (tertiary/aromatic N) is 4. The highest BCUT2D eigenvalue weighted by Crippen LogP contribution is 2.18. The van der Waals surface area contributed by atoms with Gasteiger partial charge in [-0.2, -0.15) is 4.98 Å². The number of nitrogens with one attached hydrogen (secondary N) is 1. The fourth-order valence-electron chi connectivity index (χ4n) is 2.48. The molecule has 0 unspecified atom stereocenters. The van der Waals surface area contributed by atoms with E-state index in [0.29, 0.717) is 23.0 Å². The summed E-state index contributed by atoms with van der Waals surface area (Å²) in [6.45, 7) is 0. The first-order valence-corrected chi connectivity index (χ1v) is 7.31. The molecule has 0 atom stereocenters. The summed E-state index contributed by atoms with van der Waals surface area (Å²) in [4.78, 5) is 20.7.